The molecule has 2 N–H and O–H groups in total. The molecule has 1 fully saturated rings. The highest BCUT2D eigenvalue weighted by molar-refractivity contribution is 6.51. The molecular formula is C30H29NO7. The summed E-state index contributed by atoms with van der Waals surface area (Å²) < 4.78 is 16.8. The zero-order chi connectivity index (χ0) is 27.0. The van der Waals surface area contributed by atoms with E-state index >= 15 is 0 Å². The van der Waals surface area contributed by atoms with Crippen LogP contribution in [-0.2, 0) is 9.59 Å². The van der Waals surface area contributed by atoms with Crippen molar-refractivity contribution in [3.05, 3.63) is 82.9 Å². The number of phenols is 1. The van der Waals surface area contributed by atoms with Gasteiger partial charge in [0.05, 0.1) is 18.2 Å². The second-order valence-electron chi connectivity index (χ2n) is 9.43. The Morgan fingerprint density at radius 1 is 1.00 bits per heavy atom. The van der Waals surface area contributed by atoms with E-state index in [1.54, 1.807) is 49.4 Å². The van der Waals surface area contributed by atoms with Crippen LogP contribution >= 0.6 is 0 Å². The number of anilines is 1. The molecule has 5 rings (SSSR count). The number of rotatable bonds is 6. The van der Waals surface area contributed by atoms with Crippen molar-refractivity contribution in [2.45, 2.75) is 32.7 Å². The lowest BCUT2D eigenvalue weighted by Crippen LogP contribution is -2.29. The van der Waals surface area contributed by atoms with Crippen LogP contribution in [0, 0.1) is 0 Å². The first-order valence-electron chi connectivity index (χ1n) is 12.6. The Morgan fingerprint density at radius 2 is 1.71 bits per heavy atom. The fourth-order valence-electron chi connectivity index (χ4n) is 4.75. The predicted octanol–water partition coefficient (Wildman–Crippen LogP) is 5.31. The predicted molar refractivity (Wildman–Crippen MR) is 142 cm³/mol. The Labute approximate surface area is 220 Å². The number of hydrogen-bond donors (Lipinski definition) is 2. The Balaban J connectivity index is 1.69. The summed E-state index contributed by atoms with van der Waals surface area (Å²) in [4.78, 5) is 28.3. The molecule has 1 unspecified atom stereocenters. The topological polar surface area (TPSA) is 106 Å². The number of aliphatic hydroxyl groups is 1. The van der Waals surface area contributed by atoms with E-state index in [9.17, 15) is 19.8 Å². The standard InChI is InChI=1S/C30H29NO7/c1-4-36-24-15-19(7-11-22(24)32)27-26(28(33)20-8-12-23-25(16-20)38-14-13-37-23)29(34)30(35)31(27)21-9-5-18(6-10-21)17(2)3/h5-12,15-17,27,32-33H,4,13-14H2,1-3H3/b28-26+. The molecule has 8 nitrogen and oxygen atoms in total. The number of Topliss-reactive ketones (excluding diaryl/α,β-unsaturated/α-hetero) is 1. The Morgan fingerprint density at radius 3 is 2.39 bits per heavy atom. The van der Waals surface area contributed by atoms with Crippen LogP contribution in [-0.4, -0.2) is 41.7 Å². The van der Waals surface area contributed by atoms with Crippen LogP contribution in [0.2, 0.25) is 0 Å². The molecule has 3 aromatic carbocycles. The maximum atomic E-state index is 13.5. The highest BCUT2D eigenvalue weighted by Gasteiger charge is 2.47. The van der Waals surface area contributed by atoms with E-state index in [1.807, 2.05) is 12.1 Å². The third-order valence-electron chi connectivity index (χ3n) is 6.70. The van der Waals surface area contributed by atoms with Gasteiger partial charge in [0.15, 0.2) is 23.0 Å². The maximum Gasteiger partial charge on any atom is 0.300 e. The summed E-state index contributed by atoms with van der Waals surface area (Å²) >= 11 is 0. The molecule has 0 bridgehead atoms. The monoisotopic (exact) mass is 515 g/mol. The second kappa shape index (κ2) is 10.1. The fourth-order valence-corrected chi connectivity index (χ4v) is 4.75. The molecular weight excluding hydrogens is 486 g/mol. The van der Waals surface area contributed by atoms with Gasteiger partial charge in [-0.05, 0) is 66.4 Å². The number of carbonyl (C=O) groups excluding carboxylic acids is 2. The number of aromatic hydroxyl groups is 1. The van der Waals surface area contributed by atoms with E-state index in [2.05, 4.69) is 13.8 Å². The van der Waals surface area contributed by atoms with Crippen LogP contribution in [0.1, 0.15) is 49.4 Å². The van der Waals surface area contributed by atoms with Gasteiger partial charge < -0.3 is 24.4 Å². The van der Waals surface area contributed by atoms with Crippen molar-refractivity contribution < 1.29 is 34.0 Å². The summed E-state index contributed by atoms with van der Waals surface area (Å²) in [7, 11) is 0. The second-order valence-corrected chi connectivity index (χ2v) is 9.43. The number of carbonyl (C=O) groups is 2. The highest BCUT2D eigenvalue weighted by Crippen LogP contribution is 2.45. The maximum absolute atomic E-state index is 13.5. The quantitative estimate of drug-likeness (QED) is 0.260. The highest BCUT2D eigenvalue weighted by atomic mass is 16.6. The fraction of sp³-hybridized carbons (Fsp3) is 0.267. The average Bonchev–Trinajstić information content (AvgIpc) is 3.19. The van der Waals surface area contributed by atoms with Gasteiger partial charge in [0.25, 0.3) is 11.7 Å². The Bertz CT molecular complexity index is 1430. The lowest BCUT2D eigenvalue weighted by molar-refractivity contribution is -0.132. The minimum Gasteiger partial charge on any atom is -0.507 e. The third-order valence-corrected chi connectivity index (χ3v) is 6.70. The van der Waals surface area contributed by atoms with Crippen LogP contribution in [0.4, 0.5) is 5.69 Å². The molecule has 196 valence electrons. The third kappa shape index (κ3) is 4.42. The number of nitrogens with zero attached hydrogens (tertiary/aromatic N) is 1. The van der Waals surface area contributed by atoms with E-state index in [-0.39, 0.29) is 28.7 Å². The molecule has 0 spiro atoms. The van der Waals surface area contributed by atoms with E-state index in [1.165, 1.54) is 11.0 Å². The molecule has 1 saturated heterocycles. The number of ether oxygens (including phenoxy) is 3. The first-order valence-corrected chi connectivity index (χ1v) is 12.6. The van der Waals surface area contributed by atoms with Gasteiger partial charge in [-0.1, -0.05) is 32.0 Å². The van der Waals surface area contributed by atoms with Crippen molar-refractivity contribution in [3.63, 3.8) is 0 Å². The number of benzene rings is 3. The molecule has 0 saturated carbocycles. The molecule has 2 aliphatic rings. The number of aliphatic hydroxyl groups excluding tert-OH is 1. The van der Waals surface area contributed by atoms with Gasteiger partial charge in [-0.15, -0.1) is 0 Å². The molecule has 3 aromatic rings. The summed E-state index contributed by atoms with van der Waals surface area (Å²) in [5, 5.41) is 21.7. The van der Waals surface area contributed by atoms with Crippen LogP contribution in [0.3, 0.4) is 0 Å². The molecule has 0 aromatic heterocycles. The minimum atomic E-state index is -0.965. The number of ketones is 1. The number of amides is 1. The number of hydrogen-bond acceptors (Lipinski definition) is 7. The van der Waals surface area contributed by atoms with E-state index in [0.717, 1.165) is 5.56 Å². The van der Waals surface area contributed by atoms with Crippen LogP contribution < -0.4 is 19.1 Å². The molecule has 38 heavy (non-hydrogen) atoms. The summed E-state index contributed by atoms with van der Waals surface area (Å²) in [6, 6.07) is 16.0. The molecule has 0 aliphatic carbocycles. The molecule has 2 aliphatic heterocycles. The molecule has 0 radical (unpaired) electrons. The van der Waals surface area contributed by atoms with Gasteiger partial charge in [-0.25, -0.2) is 0 Å². The van der Waals surface area contributed by atoms with Crippen molar-refractivity contribution in [1.82, 2.24) is 0 Å². The van der Waals surface area contributed by atoms with Crippen molar-refractivity contribution in [2.24, 2.45) is 0 Å². The van der Waals surface area contributed by atoms with Gasteiger partial charge >= 0.3 is 0 Å². The van der Waals surface area contributed by atoms with Gasteiger partial charge in [0, 0.05) is 11.3 Å². The SMILES string of the molecule is CCOc1cc(C2/C(=C(\O)c3ccc4c(c3)OCCO4)C(=O)C(=O)N2c2ccc(C(C)C)cc2)ccc1O. The smallest absolute Gasteiger partial charge is 0.300 e. The Hall–Kier alpha value is -4.46. The van der Waals surface area contributed by atoms with Crippen molar-refractivity contribution in [2.75, 3.05) is 24.7 Å². The van der Waals surface area contributed by atoms with Gasteiger partial charge in [-0.3, -0.25) is 14.5 Å². The summed E-state index contributed by atoms with van der Waals surface area (Å²) in [5.41, 5.74) is 2.33. The van der Waals surface area contributed by atoms with Crippen molar-refractivity contribution >= 4 is 23.1 Å². The van der Waals surface area contributed by atoms with Crippen LogP contribution in [0.5, 0.6) is 23.0 Å². The van der Waals surface area contributed by atoms with E-state index in [0.29, 0.717) is 48.1 Å². The molecule has 1 atom stereocenters. The van der Waals surface area contributed by atoms with Gasteiger partial charge in [-0.2, -0.15) is 0 Å². The lowest BCUT2D eigenvalue weighted by atomic mass is 9.94. The normalized spacial score (nSPS) is 18.2. The minimum absolute atomic E-state index is 0.0688. The van der Waals surface area contributed by atoms with Gasteiger partial charge in [0.1, 0.15) is 19.0 Å². The lowest BCUT2D eigenvalue weighted by Gasteiger charge is -2.26. The largest absolute Gasteiger partial charge is 0.507 e. The van der Waals surface area contributed by atoms with Gasteiger partial charge in [0.2, 0.25) is 0 Å². The zero-order valence-corrected chi connectivity index (χ0v) is 21.4. The molecule has 1 amide bonds. The van der Waals surface area contributed by atoms with Crippen LogP contribution in [0.15, 0.2) is 66.2 Å². The number of phenolic OH excluding ortho intramolecular Hbond substituents is 1. The van der Waals surface area contributed by atoms with Crippen molar-refractivity contribution in [1.29, 1.82) is 0 Å². The Kier molecular flexibility index (Phi) is 6.72. The number of fused-ring (bicyclic) bond motifs is 1. The first kappa shape index (κ1) is 25.2. The first-order chi connectivity index (χ1) is 18.3. The summed E-state index contributed by atoms with van der Waals surface area (Å²) in [6.07, 6.45) is 0. The molecule has 2 heterocycles. The average molecular weight is 516 g/mol. The van der Waals surface area contributed by atoms with Crippen molar-refractivity contribution in [3.8, 4) is 23.0 Å². The zero-order valence-electron chi connectivity index (χ0n) is 21.4. The molecule has 8 heteroatoms. The summed E-state index contributed by atoms with van der Waals surface area (Å²) in [5.74, 6) is -0.507. The van der Waals surface area contributed by atoms with Crippen LogP contribution in [0.25, 0.3) is 5.76 Å². The van der Waals surface area contributed by atoms with E-state index in [4.69, 9.17) is 14.2 Å². The van der Waals surface area contributed by atoms with E-state index < -0.39 is 17.7 Å². The summed E-state index contributed by atoms with van der Waals surface area (Å²) in [6.45, 7) is 7.02.